The van der Waals surface area contributed by atoms with Crippen molar-refractivity contribution in [2.75, 3.05) is 6.61 Å². The smallest absolute Gasteiger partial charge is 0.416 e. The molecule has 2 N–H and O–H groups in total. The maximum Gasteiger partial charge on any atom is 0.416 e. The molecule has 2 rings (SSSR count). The van der Waals surface area contributed by atoms with E-state index in [0.717, 1.165) is 17.7 Å². The molecule has 1 aliphatic rings. The molecule has 1 aromatic rings. The van der Waals surface area contributed by atoms with Crippen LogP contribution in [0.2, 0.25) is 0 Å². The molecule has 1 aromatic carbocycles. The molecule has 0 amide bonds. The fraction of sp³-hybridized carbons (Fsp3) is 0.312. The van der Waals surface area contributed by atoms with E-state index in [1.54, 1.807) is 0 Å². The topological polar surface area (TPSA) is 61.6 Å². The Morgan fingerprint density at radius 2 is 2.08 bits per heavy atom. The summed E-state index contributed by atoms with van der Waals surface area (Å²) < 4.78 is 49.7. The average molecular weight is 362 g/mol. The molecule has 0 bridgehead atoms. The van der Waals surface area contributed by atoms with E-state index < -0.39 is 23.6 Å². The standard InChI is InChI=1S/C16H15ClF3NO3/c1-2-5-23-11-7-9(6-10(8-11)16(18,19)20)13-14(22)12(3-4-17)24-15(13)21/h3-4,6-8,12H,2,5,21H2,1H3/b4-3+. The summed E-state index contributed by atoms with van der Waals surface area (Å²) >= 11 is 5.41. The maximum absolute atomic E-state index is 13.1. The van der Waals surface area contributed by atoms with Gasteiger partial charge in [0.25, 0.3) is 0 Å². The number of Topliss-reactive ketones (excluding diaryl/α,β-unsaturated/α-hetero) is 1. The first-order valence-corrected chi connectivity index (χ1v) is 7.54. The SMILES string of the molecule is CCCOc1cc(C2=C(N)OC(/C=C/Cl)C2=O)cc(C(F)(F)F)c1. The first kappa shape index (κ1) is 18.2. The van der Waals surface area contributed by atoms with E-state index in [2.05, 4.69) is 0 Å². The lowest BCUT2D eigenvalue weighted by Crippen LogP contribution is -2.15. The highest BCUT2D eigenvalue weighted by atomic mass is 35.5. The lowest BCUT2D eigenvalue weighted by atomic mass is 9.98. The Morgan fingerprint density at radius 3 is 2.67 bits per heavy atom. The molecular formula is C16H15ClF3NO3. The molecule has 0 saturated heterocycles. The highest BCUT2D eigenvalue weighted by Crippen LogP contribution is 2.37. The zero-order chi connectivity index (χ0) is 17.9. The van der Waals surface area contributed by atoms with E-state index in [-0.39, 0.29) is 29.4 Å². The zero-order valence-corrected chi connectivity index (χ0v) is 13.4. The highest BCUT2D eigenvalue weighted by Gasteiger charge is 2.36. The summed E-state index contributed by atoms with van der Waals surface area (Å²) in [5.74, 6) is -0.809. The van der Waals surface area contributed by atoms with Crippen LogP contribution in [0.25, 0.3) is 5.57 Å². The van der Waals surface area contributed by atoms with E-state index in [1.807, 2.05) is 6.92 Å². The number of benzene rings is 1. The minimum atomic E-state index is -4.59. The Morgan fingerprint density at radius 1 is 1.38 bits per heavy atom. The molecule has 24 heavy (non-hydrogen) atoms. The predicted molar refractivity (Wildman–Crippen MR) is 83.2 cm³/mol. The van der Waals surface area contributed by atoms with Crippen LogP contribution in [0.15, 0.2) is 35.7 Å². The number of ether oxygens (including phenoxy) is 2. The van der Waals surface area contributed by atoms with Crippen molar-refractivity contribution >= 4 is 23.0 Å². The van der Waals surface area contributed by atoms with E-state index in [1.165, 1.54) is 12.1 Å². The predicted octanol–water partition coefficient (Wildman–Crippen LogP) is 3.84. The lowest BCUT2D eigenvalue weighted by molar-refractivity contribution is -0.137. The molecule has 130 valence electrons. The second kappa shape index (κ2) is 7.17. The quantitative estimate of drug-likeness (QED) is 0.865. The second-order valence-corrected chi connectivity index (χ2v) is 5.30. The van der Waals surface area contributed by atoms with Crippen LogP contribution in [0.3, 0.4) is 0 Å². The van der Waals surface area contributed by atoms with Crippen molar-refractivity contribution < 1.29 is 27.4 Å². The molecule has 1 heterocycles. The van der Waals surface area contributed by atoms with Crippen LogP contribution in [-0.4, -0.2) is 18.5 Å². The molecule has 0 spiro atoms. The van der Waals surface area contributed by atoms with Gasteiger partial charge in [-0.3, -0.25) is 4.79 Å². The van der Waals surface area contributed by atoms with Crippen LogP contribution in [0.5, 0.6) is 5.75 Å². The van der Waals surface area contributed by atoms with Crippen molar-refractivity contribution in [1.29, 1.82) is 0 Å². The summed E-state index contributed by atoms with van der Waals surface area (Å²) in [6.45, 7) is 2.07. The van der Waals surface area contributed by atoms with Crippen molar-refractivity contribution in [2.45, 2.75) is 25.6 Å². The summed E-state index contributed by atoms with van der Waals surface area (Å²) in [6, 6.07) is 3.06. The van der Waals surface area contributed by atoms with Gasteiger partial charge in [0, 0.05) is 5.54 Å². The number of nitrogens with two attached hydrogens (primary N) is 1. The van der Waals surface area contributed by atoms with Gasteiger partial charge in [-0.05, 0) is 36.3 Å². The molecule has 1 unspecified atom stereocenters. The third kappa shape index (κ3) is 3.84. The van der Waals surface area contributed by atoms with Crippen molar-refractivity contribution in [2.24, 2.45) is 5.73 Å². The minimum absolute atomic E-state index is 0.00566. The van der Waals surface area contributed by atoms with Gasteiger partial charge in [0.15, 0.2) is 12.0 Å². The maximum atomic E-state index is 13.1. The second-order valence-electron chi connectivity index (χ2n) is 5.05. The Labute approximate surface area is 141 Å². The number of halogens is 4. The third-order valence-electron chi connectivity index (χ3n) is 3.25. The first-order valence-electron chi connectivity index (χ1n) is 7.11. The summed E-state index contributed by atoms with van der Waals surface area (Å²) in [5, 5.41) is 0. The minimum Gasteiger partial charge on any atom is -0.494 e. The van der Waals surface area contributed by atoms with Crippen molar-refractivity contribution in [1.82, 2.24) is 0 Å². The number of rotatable bonds is 5. The van der Waals surface area contributed by atoms with Crippen LogP contribution in [0, 0.1) is 0 Å². The van der Waals surface area contributed by atoms with Gasteiger partial charge in [-0.2, -0.15) is 13.2 Å². The Hall–Kier alpha value is -2.15. The fourth-order valence-electron chi connectivity index (χ4n) is 2.20. The van der Waals surface area contributed by atoms with E-state index in [9.17, 15) is 18.0 Å². The Kier molecular flexibility index (Phi) is 5.43. The number of carbonyl (C=O) groups excluding carboxylic acids is 1. The molecule has 0 aromatic heterocycles. The van der Waals surface area contributed by atoms with Gasteiger partial charge in [0.2, 0.25) is 5.78 Å². The Bertz CT molecular complexity index is 698. The number of hydrogen-bond donors (Lipinski definition) is 1. The normalized spacial score (nSPS) is 18.4. The highest BCUT2D eigenvalue weighted by molar-refractivity contribution is 6.28. The van der Waals surface area contributed by atoms with Gasteiger partial charge < -0.3 is 15.2 Å². The molecule has 0 radical (unpaired) electrons. The van der Waals surface area contributed by atoms with Crippen molar-refractivity contribution in [3.8, 4) is 5.75 Å². The molecule has 8 heteroatoms. The van der Waals surface area contributed by atoms with Gasteiger partial charge in [0.05, 0.1) is 17.7 Å². The zero-order valence-electron chi connectivity index (χ0n) is 12.7. The molecular weight excluding hydrogens is 347 g/mol. The summed E-state index contributed by atoms with van der Waals surface area (Å²) in [7, 11) is 0. The van der Waals surface area contributed by atoms with Crippen LogP contribution < -0.4 is 10.5 Å². The van der Waals surface area contributed by atoms with Gasteiger partial charge in [-0.15, -0.1) is 0 Å². The average Bonchev–Trinajstić information content (AvgIpc) is 2.78. The summed E-state index contributed by atoms with van der Waals surface area (Å²) in [6.07, 6.45) is -3.76. The monoisotopic (exact) mass is 361 g/mol. The van der Waals surface area contributed by atoms with Crippen molar-refractivity contribution in [3.63, 3.8) is 0 Å². The number of hydrogen-bond acceptors (Lipinski definition) is 4. The fourth-order valence-corrected chi connectivity index (χ4v) is 2.33. The van der Waals surface area contributed by atoms with E-state index in [0.29, 0.717) is 6.42 Å². The van der Waals surface area contributed by atoms with Crippen LogP contribution >= 0.6 is 11.6 Å². The first-order chi connectivity index (χ1) is 11.3. The third-order valence-corrected chi connectivity index (χ3v) is 3.39. The molecule has 0 fully saturated rings. The van der Waals surface area contributed by atoms with Crippen LogP contribution in [0.1, 0.15) is 24.5 Å². The van der Waals surface area contributed by atoms with Gasteiger partial charge in [-0.1, -0.05) is 18.5 Å². The van der Waals surface area contributed by atoms with Crippen LogP contribution in [-0.2, 0) is 15.7 Å². The molecule has 4 nitrogen and oxygen atoms in total. The summed E-state index contributed by atoms with van der Waals surface area (Å²) in [4.78, 5) is 12.3. The lowest BCUT2D eigenvalue weighted by Gasteiger charge is -2.13. The molecule has 0 aliphatic carbocycles. The number of ketones is 1. The number of alkyl halides is 3. The van der Waals surface area contributed by atoms with E-state index >= 15 is 0 Å². The van der Waals surface area contributed by atoms with Crippen molar-refractivity contribution in [3.05, 3.63) is 46.8 Å². The number of carbonyl (C=O) groups is 1. The largest absolute Gasteiger partial charge is 0.494 e. The van der Waals surface area contributed by atoms with E-state index in [4.69, 9.17) is 26.8 Å². The molecule has 1 aliphatic heterocycles. The molecule has 1 atom stereocenters. The van der Waals surface area contributed by atoms with Gasteiger partial charge in [0.1, 0.15) is 5.75 Å². The summed E-state index contributed by atoms with van der Waals surface area (Å²) in [5.41, 5.74) is 5.69. The van der Waals surface area contributed by atoms with Gasteiger partial charge >= 0.3 is 6.18 Å². The Balaban J connectivity index is 2.49. The van der Waals surface area contributed by atoms with Gasteiger partial charge in [-0.25, -0.2) is 0 Å². The van der Waals surface area contributed by atoms with Crippen LogP contribution in [0.4, 0.5) is 13.2 Å². The molecule has 0 saturated carbocycles.